The predicted octanol–water partition coefficient (Wildman–Crippen LogP) is 2.46. The number of ether oxygens (including phenoxy) is 2. The first-order valence-corrected chi connectivity index (χ1v) is 12.6. The Morgan fingerprint density at radius 2 is 1.83 bits per heavy atom. The van der Waals surface area contributed by atoms with Crippen LogP contribution in [0, 0.1) is 0 Å². The number of β-amino-alcohol motifs (C(OH)–C–C–N with tert-alkyl or cyclic N) is 1. The van der Waals surface area contributed by atoms with Crippen LogP contribution < -0.4 is 9.47 Å². The van der Waals surface area contributed by atoms with Crippen LogP contribution in [0.2, 0.25) is 0 Å². The van der Waals surface area contributed by atoms with Gasteiger partial charge in [0.15, 0.2) is 0 Å². The number of hydrogen-bond donors (Lipinski definition) is 2. The molecule has 0 radical (unpaired) electrons. The molecule has 192 valence electrons. The van der Waals surface area contributed by atoms with Crippen molar-refractivity contribution in [3.8, 4) is 11.5 Å². The van der Waals surface area contributed by atoms with Crippen LogP contribution in [0.15, 0.2) is 42.5 Å². The van der Waals surface area contributed by atoms with Crippen LogP contribution in [0.5, 0.6) is 11.5 Å². The van der Waals surface area contributed by atoms with E-state index in [4.69, 9.17) is 14.6 Å². The number of piperidine rings is 1. The maximum Gasteiger partial charge on any atom is 0.407 e. The lowest BCUT2D eigenvalue weighted by Crippen LogP contribution is -2.44. The smallest absolute Gasteiger partial charge is 0.407 e. The SMILES string of the molecule is O=C(O)N1CCC(Oc2ccc3c(c2)OCCN(CC(O)CN2CCc4ccccc4C2)C3=O)CC1. The topological polar surface area (TPSA) is 103 Å². The van der Waals surface area contributed by atoms with Crippen molar-refractivity contribution < 1.29 is 29.3 Å². The van der Waals surface area contributed by atoms with Crippen LogP contribution in [0.4, 0.5) is 4.79 Å². The summed E-state index contributed by atoms with van der Waals surface area (Å²) in [4.78, 5) is 29.6. The lowest BCUT2D eigenvalue weighted by atomic mass is 10.00. The Bertz CT molecular complexity index is 1100. The number of aliphatic hydroxyl groups excluding tert-OH is 1. The fraction of sp³-hybridized carbons (Fsp3) is 0.481. The maximum absolute atomic E-state index is 13.2. The third-order valence-corrected chi connectivity index (χ3v) is 7.21. The number of amides is 2. The molecule has 1 unspecified atom stereocenters. The van der Waals surface area contributed by atoms with Gasteiger partial charge in [-0.2, -0.15) is 0 Å². The summed E-state index contributed by atoms with van der Waals surface area (Å²) in [6, 6.07) is 13.6. The Kier molecular flexibility index (Phi) is 7.29. The minimum Gasteiger partial charge on any atom is -0.491 e. The van der Waals surface area contributed by atoms with Crippen molar-refractivity contribution in [1.29, 1.82) is 0 Å². The molecule has 0 aliphatic carbocycles. The third-order valence-electron chi connectivity index (χ3n) is 7.21. The average molecular weight is 496 g/mol. The minimum atomic E-state index is -0.902. The first-order chi connectivity index (χ1) is 17.5. The molecule has 5 rings (SSSR count). The highest BCUT2D eigenvalue weighted by Gasteiger charge is 2.28. The molecule has 3 aliphatic rings. The number of fused-ring (bicyclic) bond motifs is 2. The van der Waals surface area contributed by atoms with Gasteiger partial charge in [-0.15, -0.1) is 0 Å². The van der Waals surface area contributed by atoms with Crippen molar-refractivity contribution in [3.05, 3.63) is 59.2 Å². The highest BCUT2D eigenvalue weighted by Crippen LogP contribution is 2.30. The highest BCUT2D eigenvalue weighted by atomic mass is 16.5. The minimum absolute atomic E-state index is 0.0754. The van der Waals surface area contributed by atoms with Crippen LogP contribution >= 0.6 is 0 Å². The molecule has 0 aromatic heterocycles. The molecule has 0 saturated carbocycles. The number of carboxylic acid groups (broad SMARTS) is 1. The summed E-state index contributed by atoms with van der Waals surface area (Å²) < 4.78 is 11.9. The molecule has 2 aromatic carbocycles. The lowest BCUT2D eigenvalue weighted by Gasteiger charge is -2.32. The van der Waals surface area contributed by atoms with E-state index in [-0.39, 0.29) is 18.6 Å². The van der Waals surface area contributed by atoms with Crippen LogP contribution in [0.25, 0.3) is 0 Å². The van der Waals surface area contributed by atoms with Crippen molar-refractivity contribution in [3.63, 3.8) is 0 Å². The zero-order chi connectivity index (χ0) is 25.1. The second kappa shape index (κ2) is 10.8. The predicted molar refractivity (Wildman–Crippen MR) is 133 cm³/mol. The number of carbonyl (C=O) groups excluding carboxylic acids is 1. The molecular formula is C27H33N3O6. The van der Waals surface area contributed by atoms with Crippen molar-refractivity contribution in [2.45, 2.75) is 38.0 Å². The van der Waals surface area contributed by atoms with Gasteiger partial charge in [0.05, 0.1) is 18.2 Å². The van der Waals surface area contributed by atoms with E-state index < -0.39 is 12.2 Å². The number of nitrogens with zero attached hydrogens (tertiary/aromatic N) is 3. The third kappa shape index (κ3) is 5.57. The molecule has 1 saturated heterocycles. The van der Waals surface area contributed by atoms with Crippen molar-refractivity contribution in [2.75, 3.05) is 45.9 Å². The Labute approximate surface area is 210 Å². The number of carbonyl (C=O) groups is 2. The normalized spacial score (nSPS) is 19.6. The van der Waals surface area contributed by atoms with Gasteiger partial charge in [-0.05, 0) is 29.7 Å². The Morgan fingerprint density at radius 3 is 2.61 bits per heavy atom. The lowest BCUT2D eigenvalue weighted by molar-refractivity contribution is 0.0501. The monoisotopic (exact) mass is 495 g/mol. The molecule has 9 nitrogen and oxygen atoms in total. The largest absolute Gasteiger partial charge is 0.491 e. The number of rotatable bonds is 6. The molecule has 1 atom stereocenters. The second-order valence-electron chi connectivity index (χ2n) is 9.75. The fourth-order valence-corrected chi connectivity index (χ4v) is 5.26. The summed E-state index contributed by atoms with van der Waals surface area (Å²) >= 11 is 0. The number of hydrogen-bond acceptors (Lipinski definition) is 6. The zero-order valence-electron chi connectivity index (χ0n) is 20.3. The van der Waals surface area contributed by atoms with Gasteiger partial charge in [0.2, 0.25) is 0 Å². The zero-order valence-corrected chi connectivity index (χ0v) is 20.3. The molecule has 2 aromatic rings. The van der Waals surface area contributed by atoms with E-state index in [1.165, 1.54) is 16.0 Å². The summed E-state index contributed by atoms with van der Waals surface area (Å²) in [5, 5.41) is 19.9. The first-order valence-electron chi connectivity index (χ1n) is 12.6. The molecule has 2 N–H and O–H groups in total. The number of likely N-dealkylation sites (tertiary alicyclic amines) is 1. The fourth-order valence-electron chi connectivity index (χ4n) is 5.26. The van der Waals surface area contributed by atoms with Gasteiger partial charge < -0.3 is 29.5 Å². The Morgan fingerprint density at radius 1 is 1.06 bits per heavy atom. The van der Waals surface area contributed by atoms with E-state index in [1.807, 2.05) is 6.07 Å². The number of benzene rings is 2. The molecule has 0 bridgehead atoms. The average Bonchev–Trinajstić information content (AvgIpc) is 3.02. The summed E-state index contributed by atoms with van der Waals surface area (Å²) in [5.41, 5.74) is 3.13. The summed E-state index contributed by atoms with van der Waals surface area (Å²) in [7, 11) is 0. The highest BCUT2D eigenvalue weighted by molar-refractivity contribution is 5.97. The molecule has 0 spiro atoms. The second-order valence-corrected chi connectivity index (χ2v) is 9.75. The van der Waals surface area contributed by atoms with Gasteiger partial charge in [-0.1, -0.05) is 24.3 Å². The Balaban J connectivity index is 1.17. The molecule has 2 amide bonds. The van der Waals surface area contributed by atoms with E-state index in [0.29, 0.717) is 62.7 Å². The molecule has 9 heteroatoms. The maximum atomic E-state index is 13.2. The van der Waals surface area contributed by atoms with Crippen molar-refractivity contribution >= 4 is 12.0 Å². The Hall–Kier alpha value is -3.30. The molecule has 3 heterocycles. The van der Waals surface area contributed by atoms with Crippen LogP contribution in [0.3, 0.4) is 0 Å². The van der Waals surface area contributed by atoms with Gasteiger partial charge in [0, 0.05) is 58.2 Å². The van der Waals surface area contributed by atoms with Gasteiger partial charge in [-0.25, -0.2) is 4.79 Å². The summed E-state index contributed by atoms with van der Waals surface area (Å²) in [5.74, 6) is 0.922. The summed E-state index contributed by atoms with van der Waals surface area (Å²) in [6.07, 6.45) is 0.583. The van der Waals surface area contributed by atoms with E-state index in [0.717, 1.165) is 19.5 Å². The van der Waals surface area contributed by atoms with Gasteiger partial charge in [-0.3, -0.25) is 9.69 Å². The summed E-state index contributed by atoms with van der Waals surface area (Å²) in [6.45, 7) is 4.10. The van der Waals surface area contributed by atoms with E-state index in [2.05, 4.69) is 23.1 Å². The number of aliphatic hydroxyl groups is 1. The first kappa shape index (κ1) is 24.4. The van der Waals surface area contributed by atoms with E-state index in [1.54, 1.807) is 23.1 Å². The standard InChI is InChI=1S/C27H33N3O6/c31-21(17-28-10-7-19-3-1-2-4-20(19)16-28)18-30-13-14-35-25-15-23(5-6-24(25)26(30)32)36-22-8-11-29(12-9-22)27(33)34/h1-6,15,21-22,31H,7-14,16-18H2,(H,33,34). The van der Waals surface area contributed by atoms with E-state index in [9.17, 15) is 14.7 Å². The van der Waals surface area contributed by atoms with Gasteiger partial charge in [0.25, 0.3) is 5.91 Å². The molecule has 3 aliphatic heterocycles. The molecular weight excluding hydrogens is 462 g/mol. The quantitative estimate of drug-likeness (QED) is 0.635. The molecule has 36 heavy (non-hydrogen) atoms. The molecule has 1 fully saturated rings. The van der Waals surface area contributed by atoms with Crippen LogP contribution in [-0.2, 0) is 13.0 Å². The van der Waals surface area contributed by atoms with E-state index >= 15 is 0 Å². The van der Waals surface area contributed by atoms with Gasteiger partial charge >= 0.3 is 6.09 Å². The van der Waals surface area contributed by atoms with Crippen molar-refractivity contribution in [2.24, 2.45) is 0 Å². The van der Waals surface area contributed by atoms with Crippen LogP contribution in [0.1, 0.15) is 34.3 Å². The van der Waals surface area contributed by atoms with Crippen LogP contribution in [-0.4, -0.2) is 95.0 Å². The van der Waals surface area contributed by atoms with Gasteiger partial charge in [0.1, 0.15) is 24.2 Å². The van der Waals surface area contributed by atoms with Crippen molar-refractivity contribution in [1.82, 2.24) is 14.7 Å².